The summed E-state index contributed by atoms with van der Waals surface area (Å²) in [5.41, 5.74) is 5.96. The Hall–Kier alpha value is -1.24. The van der Waals surface area contributed by atoms with Gasteiger partial charge in [-0.2, -0.15) is 0 Å². The van der Waals surface area contributed by atoms with Crippen LogP contribution in [0.3, 0.4) is 0 Å². The SMILES string of the molecule is CCc1c(N)c(=O)n(C2(C)CCS(=O)(=O)C2)n1CC. The molecule has 1 atom stereocenters. The van der Waals surface area contributed by atoms with Gasteiger partial charge < -0.3 is 5.73 Å². The highest BCUT2D eigenvalue weighted by atomic mass is 32.2. The molecule has 0 aromatic carbocycles. The molecule has 0 bridgehead atoms. The van der Waals surface area contributed by atoms with E-state index in [1.54, 1.807) is 4.68 Å². The van der Waals surface area contributed by atoms with Crippen molar-refractivity contribution in [3.63, 3.8) is 0 Å². The molecule has 2 rings (SSSR count). The summed E-state index contributed by atoms with van der Waals surface area (Å²) in [5.74, 6) is 0.138. The van der Waals surface area contributed by atoms with Crippen molar-refractivity contribution < 1.29 is 8.42 Å². The van der Waals surface area contributed by atoms with Gasteiger partial charge in [-0.05, 0) is 26.7 Å². The van der Waals surface area contributed by atoms with Crippen LogP contribution in [0.15, 0.2) is 4.79 Å². The van der Waals surface area contributed by atoms with E-state index in [1.807, 2.05) is 25.5 Å². The van der Waals surface area contributed by atoms with Gasteiger partial charge in [0.1, 0.15) is 5.69 Å². The molecule has 108 valence electrons. The third-order valence-corrected chi connectivity index (χ3v) is 5.80. The lowest BCUT2D eigenvalue weighted by Gasteiger charge is -2.27. The Morgan fingerprint density at radius 2 is 2.00 bits per heavy atom. The Morgan fingerprint density at radius 3 is 2.42 bits per heavy atom. The molecule has 0 amide bonds. The van der Waals surface area contributed by atoms with E-state index in [4.69, 9.17) is 5.73 Å². The lowest BCUT2D eigenvalue weighted by Crippen LogP contribution is -2.42. The Bertz CT molecular complexity index is 656. The van der Waals surface area contributed by atoms with E-state index in [0.717, 1.165) is 5.69 Å². The van der Waals surface area contributed by atoms with E-state index < -0.39 is 15.4 Å². The first-order valence-electron chi connectivity index (χ1n) is 6.57. The van der Waals surface area contributed by atoms with Gasteiger partial charge in [0.2, 0.25) is 0 Å². The molecule has 2 heterocycles. The summed E-state index contributed by atoms with van der Waals surface area (Å²) in [6.45, 7) is 6.30. The molecule has 7 heteroatoms. The molecule has 1 unspecified atom stereocenters. The molecule has 1 aromatic heterocycles. The summed E-state index contributed by atoms with van der Waals surface area (Å²) < 4.78 is 26.9. The van der Waals surface area contributed by atoms with Gasteiger partial charge in [0.25, 0.3) is 5.56 Å². The number of nitrogen functional groups attached to an aromatic ring is 1. The maximum Gasteiger partial charge on any atom is 0.290 e. The minimum absolute atomic E-state index is 0.00646. The zero-order chi connectivity index (χ0) is 14.4. The lowest BCUT2D eigenvalue weighted by atomic mass is 10.0. The molecular weight excluding hydrogens is 266 g/mol. The molecule has 0 radical (unpaired) electrons. The van der Waals surface area contributed by atoms with E-state index >= 15 is 0 Å². The molecule has 0 spiro atoms. The fourth-order valence-corrected chi connectivity index (χ4v) is 5.12. The first kappa shape index (κ1) is 14.2. The van der Waals surface area contributed by atoms with Gasteiger partial charge in [-0.1, -0.05) is 6.92 Å². The highest BCUT2D eigenvalue weighted by Crippen LogP contribution is 2.30. The summed E-state index contributed by atoms with van der Waals surface area (Å²) in [6, 6.07) is 0. The number of nitrogens with zero attached hydrogens (tertiary/aromatic N) is 2. The van der Waals surface area contributed by atoms with Crippen LogP contribution >= 0.6 is 0 Å². The minimum Gasteiger partial charge on any atom is -0.393 e. The quantitative estimate of drug-likeness (QED) is 0.869. The van der Waals surface area contributed by atoms with Crippen molar-refractivity contribution in [3.05, 3.63) is 16.0 Å². The molecule has 1 aromatic rings. The second-order valence-electron chi connectivity index (χ2n) is 5.39. The summed E-state index contributed by atoms with van der Waals surface area (Å²) in [4.78, 5) is 12.4. The summed E-state index contributed by atoms with van der Waals surface area (Å²) in [6.07, 6.45) is 1.12. The van der Waals surface area contributed by atoms with E-state index in [2.05, 4.69) is 0 Å². The van der Waals surface area contributed by atoms with Gasteiger partial charge in [-0.25, -0.2) is 13.1 Å². The highest BCUT2D eigenvalue weighted by Gasteiger charge is 2.43. The fourth-order valence-electron chi connectivity index (χ4n) is 3.01. The smallest absolute Gasteiger partial charge is 0.290 e. The van der Waals surface area contributed by atoms with E-state index in [9.17, 15) is 13.2 Å². The van der Waals surface area contributed by atoms with Gasteiger partial charge in [-0.3, -0.25) is 9.48 Å². The molecule has 2 N–H and O–H groups in total. The largest absolute Gasteiger partial charge is 0.393 e. The predicted octanol–water partition coefficient (Wildman–Crippen LogP) is 0.348. The van der Waals surface area contributed by atoms with Crippen LogP contribution in [0.2, 0.25) is 0 Å². The topological polar surface area (TPSA) is 87.1 Å². The maximum atomic E-state index is 12.4. The minimum atomic E-state index is -3.07. The summed E-state index contributed by atoms with van der Waals surface area (Å²) >= 11 is 0. The van der Waals surface area contributed by atoms with Gasteiger partial charge in [0.15, 0.2) is 9.84 Å². The van der Waals surface area contributed by atoms with Gasteiger partial charge >= 0.3 is 0 Å². The van der Waals surface area contributed by atoms with Crippen molar-refractivity contribution in [2.24, 2.45) is 0 Å². The van der Waals surface area contributed by atoms with Crippen LogP contribution in [-0.4, -0.2) is 29.3 Å². The molecule has 1 aliphatic rings. The zero-order valence-corrected chi connectivity index (χ0v) is 12.5. The monoisotopic (exact) mass is 287 g/mol. The Morgan fingerprint density at radius 1 is 1.37 bits per heavy atom. The van der Waals surface area contributed by atoms with Gasteiger partial charge in [0.05, 0.1) is 22.7 Å². The Balaban J connectivity index is 2.67. The molecule has 1 aliphatic heterocycles. The lowest BCUT2D eigenvalue weighted by molar-refractivity contribution is 0.266. The van der Waals surface area contributed by atoms with Crippen molar-refractivity contribution in [1.82, 2.24) is 9.36 Å². The van der Waals surface area contributed by atoms with E-state index in [1.165, 1.54) is 0 Å². The van der Waals surface area contributed by atoms with Gasteiger partial charge in [-0.15, -0.1) is 0 Å². The third-order valence-electron chi connectivity index (χ3n) is 3.91. The normalized spacial score (nSPS) is 25.8. The maximum absolute atomic E-state index is 12.4. The first-order chi connectivity index (χ1) is 8.75. The summed E-state index contributed by atoms with van der Waals surface area (Å²) in [5, 5.41) is 0. The van der Waals surface area contributed by atoms with Crippen LogP contribution in [0.1, 0.15) is 32.9 Å². The van der Waals surface area contributed by atoms with Crippen molar-refractivity contribution in [2.75, 3.05) is 17.2 Å². The molecular formula is C12H21N3O3S. The first-order valence-corrected chi connectivity index (χ1v) is 8.39. The standard InChI is InChI=1S/C12H21N3O3S/c1-4-9-10(13)11(16)15(14(9)5-2)12(3)6-7-19(17,18)8-12/h4-8,13H2,1-3H3. The highest BCUT2D eigenvalue weighted by molar-refractivity contribution is 7.91. The third kappa shape index (κ3) is 2.09. The van der Waals surface area contributed by atoms with Crippen LogP contribution < -0.4 is 11.3 Å². The fraction of sp³-hybridized carbons (Fsp3) is 0.750. The van der Waals surface area contributed by atoms with E-state index in [-0.39, 0.29) is 22.8 Å². The van der Waals surface area contributed by atoms with Crippen molar-refractivity contribution in [1.29, 1.82) is 0 Å². The second kappa shape index (κ2) is 4.40. The molecule has 1 saturated heterocycles. The molecule has 0 aliphatic carbocycles. The number of rotatable bonds is 3. The van der Waals surface area contributed by atoms with Crippen molar-refractivity contribution in [3.8, 4) is 0 Å². The van der Waals surface area contributed by atoms with Crippen molar-refractivity contribution in [2.45, 2.75) is 45.7 Å². The number of hydrogen-bond donors (Lipinski definition) is 1. The molecule has 0 saturated carbocycles. The van der Waals surface area contributed by atoms with Crippen LogP contribution in [0.4, 0.5) is 5.69 Å². The molecule has 6 nitrogen and oxygen atoms in total. The Kier molecular flexibility index (Phi) is 3.28. The predicted molar refractivity (Wildman–Crippen MR) is 75.1 cm³/mol. The number of sulfone groups is 1. The van der Waals surface area contributed by atoms with E-state index in [0.29, 0.717) is 19.4 Å². The van der Waals surface area contributed by atoms with Crippen molar-refractivity contribution >= 4 is 15.5 Å². The summed E-state index contributed by atoms with van der Waals surface area (Å²) in [7, 11) is -3.07. The molecule has 19 heavy (non-hydrogen) atoms. The number of nitrogens with two attached hydrogens (primary N) is 1. The second-order valence-corrected chi connectivity index (χ2v) is 7.57. The zero-order valence-electron chi connectivity index (χ0n) is 11.6. The van der Waals surface area contributed by atoms with Crippen LogP contribution in [0, 0.1) is 0 Å². The van der Waals surface area contributed by atoms with Gasteiger partial charge in [0, 0.05) is 6.54 Å². The average Bonchev–Trinajstić information content (AvgIpc) is 2.75. The average molecular weight is 287 g/mol. The number of hydrogen-bond acceptors (Lipinski definition) is 4. The Labute approximate surface area is 113 Å². The number of aromatic nitrogens is 2. The van der Waals surface area contributed by atoms with Crippen LogP contribution in [0.25, 0.3) is 0 Å². The van der Waals surface area contributed by atoms with Crippen LogP contribution in [0.5, 0.6) is 0 Å². The number of anilines is 1. The van der Waals surface area contributed by atoms with Crippen LogP contribution in [-0.2, 0) is 28.3 Å². The molecule has 1 fully saturated rings.